The molecule has 23 heavy (non-hydrogen) atoms. The minimum Gasteiger partial charge on any atom is -0.465 e. The third-order valence-corrected chi connectivity index (χ3v) is 3.19. The average molecular weight is 318 g/mol. The van der Waals surface area contributed by atoms with Crippen molar-refractivity contribution in [2.45, 2.75) is 26.7 Å². The van der Waals surface area contributed by atoms with E-state index >= 15 is 0 Å². The molecule has 0 fully saturated rings. The summed E-state index contributed by atoms with van der Waals surface area (Å²) in [4.78, 5) is 36.1. The Morgan fingerprint density at radius 2 is 1.57 bits per heavy atom. The average Bonchev–Trinajstić information content (AvgIpc) is 2.53. The number of benzene rings is 1. The lowest BCUT2D eigenvalue weighted by Crippen LogP contribution is -2.30. The molecule has 1 aromatic rings. The first-order valence-electron chi connectivity index (χ1n) is 7.59. The fraction of sp³-hybridized carbons (Fsp3) is 0.389. The highest BCUT2D eigenvalue weighted by atomic mass is 16.6. The third-order valence-electron chi connectivity index (χ3n) is 3.19. The number of ether oxygens (including phenoxy) is 2. The Bertz CT molecular complexity index is 541. The van der Waals surface area contributed by atoms with Crippen molar-refractivity contribution in [2.75, 3.05) is 13.2 Å². The molecule has 0 aliphatic rings. The number of esters is 2. The van der Waals surface area contributed by atoms with Gasteiger partial charge in [-0.25, -0.2) is 0 Å². The number of Topliss-reactive ketones (excluding diaryl/α,β-unsaturated/α-hetero) is 1. The molecule has 0 atom stereocenters. The molecule has 0 bridgehead atoms. The van der Waals surface area contributed by atoms with Gasteiger partial charge in [0, 0.05) is 12.0 Å². The van der Waals surface area contributed by atoms with Crippen molar-refractivity contribution in [3.05, 3.63) is 48.0 Å². The monoisotopic (exact) mass is 318 g/mol. The van der Waals surface area contributed by atoms with E-state index in [9.17, 15) is 14.4 Å². The Morgan fingerprint density at radius 1 is 1.04 bits per heavy atom. The van der Waals surface area contributed by atoms with Gasteiger partial charge in [-0.1, -0.05) is 30.3 Å². The highest BCUT2D eigenvalue weighted by Crippen LogP contribution is 2.15. The van der Waals surface area contributed by atoms with E-state index < -0.39 is 17.9 Å². The zero-order valence-corrected chi connectivity index (χ0v) is 13.5. The quantitative estimate of drug-likeness (QED) is 0.303. The van der Waals surface area contributed by atoms with Crippen molar-refractivity contribution in [2.24, 2.45) is 5.92 Å². The summed E-state index contributed by atoms with van der Waals surface area (Å²) in [5.74, 6) is -3.00. The van der Waals surface area contributed by atoms with Gasteiger partial charge in [-0.05, 0) is 25.8 Å². The fourth-order valence-corrected chi connectivity index (χ4v) is 2.05. The minimum absolute atomic E-state index is 0.138. The first-order valence-corrected chi connectivity index (χ1v) is 7.59. The maximum absolute atomic E-state index is 12.3. The first-order chi connectivity index (χ1) is 11.0. The molecule has 0 unspecified atom stereocenters. The molecule has 0 heterocycles. The fourth-order valence-electron chi connectivity index (χ4n) is 2.05. The van der Waals surface area contributed by atoms with E-state index in [4.69, 9.17) is 9.47 Å². The van der Waals surface area contributed by atoms with Gasteiger partial charge < -0.3 is 9.47 Å². The standard InChI is InChI=1S/C18H22O5/c1-4-7-13-8-10-14(11-9-13)16(19)12-15(17(20)22-5-2)18(21)23-6-3/h4,8-11,15H,1,5-7,12H2,2-3H3. The van der Waals surface area contributed by atoms with Crippen LogP contribution in [0.25, 0.3) is 0 Å². The number of ketones is 1. The van der Waals surface area contributed by atoms with Crippen LogP contribution >= 0.6 is 0 Å². The smallest absolute Gasteiger partial charge is 0.320 e. The van der Waals surface area contributed by atoms with Crippen LogP contribution in [0.5, 0.6) is 0 Å². The molecule has 0 aliphatic heterocycles. The predicted molar refractivity (Wildman–Crippen MR) is 86.0 cm³/mol. The molecule has 5 heteroatoms. The molecular weight excluding hydrogens is 296 g/mol. The molecule has 0 aromatic heterocycles. The zero-order valence-electron chi connectivity index (χ0n) is 13.5. The van der Waals surface area contributed by atoms with Crippen LogP contribution in [0, 0.1) is 5.92 Å². The van der Waals surface area contributed by atoms with Crippen molar-refractivity contribution < 1.29 is 23.9 Å². The van der Waals surface area contributed by atoms with Crippen LogP contribution in [-0.2, 0) is 25.5 Å². The number of carbonyl (C=O) groups excluding carboxylic acids is 3. The van der Waals surface area contributed by atoms with Gasteiger partial charge in [-0.3, -0.25) is 14.4 Å². The summed E-state index contributed by atoms with van der Waals surface area (Å²) in [7, 11) is 0. The molecule has 1 rings (SSSR count). The van der Waals surface area contributed by atoms with E-state index in [1.165, 1.54) is 0 Å². The predicted octanol–water partition coefficient (Wildman–Crippen LogP) is 2.73. The van der Waals surface area contributed by atoms with E-state index in [2.05, 4.69) is 6.58 Å². The molecule has 1 aromatic carbocycles. The molecule has 0 radical (unpaired) electrons. The second-order valence-corrected chi connectivity index (χ2v) is 4.87. The van der Waals surface area contributed by atoms with Crippen LogP contribution in [0.1, 0.15) is 36.2 Å². The van der Waals surface area contributed by atoms with Crippen molar-refractivity contribution in [1.82, 2.24) is 0 Å². The van der Waals surface area contributed by atoms with Crippen molar-refractivity contribution in [3.8, 4) is 0 Å². The van der Waals surface area contributed by atoms with Crippen molar-refractivity contribution >= 4 is 17.7 Å². The highest BCUT2D eigenvalue weighted by Gasteiger charge is 2.32. The van der Waals surface area contributed by atoms with Gasteiger partial charge in [-0.15, -0.1) is 6.58 Å². The van der Waals surface area contributed by atoms with Crippen LogP contribution in [0.15, 0.2) is 36.9 Å². The Kier molecular flexibility index (Phi) is 7.74. The van der Waals surface area contributed by atoms with E-state index in [1.54, 1.807) is 32.1 Å². The van der Waals surface area contributed by atoms with Crippen LogP contribution in [0.2, 0.25) is 0 Å². The number of allylic oxidation sites excluding steroid dienone is 1. The van der Waals surface area contributed by atoms with Gasteiger partial charge in [0.15, 0.2) is 11.7 Å². The normalized spacial score (nSPS) is 10.2. The van der Waals surface area contributed by atoms with Gasteiger partial charge >= 0.3 is 11.9 Å². The molecule has 0 spiro atoms. The van der Waals surface area contributed by atoms with Crippen LogP contribution in [0.4, 0.5) is 0 Å². The van der Waals surface area contributed by atoms with E-state index in [0.29, 0.717) is 12.0 Å². The second kappa shape index (κ2) is 9.56. The van der Waals surface area contributed by atoms with E-state index in [0.717, 1.165) is 5.56 Å². The molecule has 124 valence electrons. The second-order valence-electron chi connectivity index (χ2n) is 4.87. The van der Waals surface area contributed by atoms with E-state index in [1.807, 2.05) is 12.1 Å². The SMILES string of the molecule is C=CCc1ccc(C(=O)CC(C(=O)OCC)C(=O)OCC)cc1. The van der Waals surface area contributed by atoms with Crippen molar-refractivity contribution in [1.29, 1.82) is 0 Å². The molecule has 5 nitrogen and oxygen atoms in total. The maximum atomic E-state index is 12.3. The summed E-state index contributed by atoms with van der Waals surface area (Å²) in [6.07, 6.45) is 2.22. The Labute approximate surface area is 136 Å². The first kappa shape index (κ1) is 18.6. The summed E-state index contributed by atoms with van der Waals surface area (Å²) in [5, 5.41) is 0. The van der Waals surface area contributed by atoms with E-state index in [-0.39, 0.29) is 25.4 Å². The van der Waals surface area contributed by atoms with Crippen LogP contribution in [0.3, 0.4) is 0 Å². The summed E-state index contributed by atoms with van der Waals surface area (Å²) in [6.45, 7) is 7.21. The maximum Gasteiger partial charge on any atom is 0.320 e. The zero-order chi connectivity index (χ0) is 17.2. The Balaban J connectivity index is 2.84. The summed E-state index contributed by atoms with van der Waals surface area (Å²) >= 11 is 0. The molecule has 0 aliphatic carbocycles. The van der Waals surface area contributed by atoms with Gasteiger partial charge in [-0.2, -0.15) is 0 Å². The van der Waals surface area contributed by atoms with Crippen LogP contribution in [-0.4, -0.2) is 30.9 Å². The number of hydrogen-bond donors (Lipinski definition) is 0. The number of rotatable bonds is 9. The Hall–Kier alpha value is -2.43. The van der Waals surface area contributed by atoms with Crippen molar-refractivity contribution in [3.63, 3.8) is 0 Å². The number of carbonyl (C=O) groups is 3. The van der Waals surface area contributed by atoms with Crippen LogP contribution < -0.4 is 0 Å². The summed E-state index contributed by atoms with van der Waals surface area (Å²) < 4.78 is 9.71. The lowest BCUT2D eigenvalue weighted by atomic mass is 9.97. The number of hydrogen-bond acceptors (Lipinski definition) is 5. The molecular formula is C18H22O5. The van der Waals surface area contributed by atoms with Gasteiger partial charge in [0.05, 0.1) is 13.2 Å². The Morgan fingerprint density at radius 3 is 2.00 bits per heavy atom. The molecule has 0 N–H and O–H groups in total. The highest BCUT2D eigenvalue weighted by molar-refractivity contribution is 6.04. The minimum atomic E-state index is -1.23. The summed E-state index contributed by atoms with van der Waals surface area (Å²) in [5.41, 5.74) is 1.47. The molecule has 0 saturated heterocycles. The largest absolute Gasteiger partial charge is 0.465 e. The van der Waals surface area contributed by atoms with Gasteiger partial charge in [0.25, 0.3) is 0 Å². The van der Waals surface area contributed by atoms with Gasteiger partial charge in [0.2, 0.25) is 0 Å². The lowest BCUT2D eigenvalue weighted by Gasteiger charge is -2.13. The molecule has 0 amide bonds. The van der Waals surface area contributed by atoms with Gasteiger partial charge in [0.1, 0.15) is 0 Å². The third kappa shape index (κ3) is 5.70. The molecule has 0 saturated carbocycles. The lowest BCUT2D eigenvalue weighted by molar-refractivity contribution is -0.161. The summed E-state index contributed by atoms with van der Waals surface area (Å²) in [6, 6.07) is 6.99. The topological polar surface area (TPSA) is 69.7 Å².